The van der Waals surface area contributed by atoms with E-state index in [2.05, 4.69) is 0 Å². The van der Waals surface area contributed by atoms with Crippen molar-refractivity contribution in [1.82, 2.24) is 9.21 Å². The quantitative estimate of drug-likeness (QED) is 0.253. The number of nitrogens with zero attached hydrogens (tertiary/aromatic N) is 3. The topological polar surface area (TPSA) is 120 Å². The van der Waals surface area contributed by atoms with Crippen LogP contribution in [0.4, 0.5) is 10.5 Å². The molecule has 2 aliphatic heterocycles. The molecule has 11 heteroatoms. The number of amidine groups is 1. The van der Waals surface area contributed by atoms with Crippen LogP contribution in [0.1, 0.15) is 24.0 Å². The van der Waals surface area contributed by atoms with E-state index in [1.807, 2.05) is 41.3 Å². The van der Waals surface area contributed by atoms with E-state index in [1.165, 1.54) is 10.4 Å². The molecule has 0 aromatic heterocycles. The number of carbonyl (C=O) groups is 1. The van der Waals surface area contributed by atoms with Gasteiger partial charge < -0.3 is 15.4 Å². The number of nitrogen functional groups attached to an aromatic ring is 1. The molecule has 2 saturated heterocycles. The third-order valence-corrected chi connectivity index (χ3v) is 9.97. The van der Waals surface area contributed by atoms with Crippen molar-refractivity contribution in [3.8, 4) is 0 Å². The zero-order valence-electron chi connectivity index (χ0n) is 23.4. The standard InChI is InChI=1S/C31H36ClN5O4S/c32-27-9-5-11-29(17-27)42(39,40)36-14-12-23(13-15-36)18-35-19-25(22-41-21-24-6-2-1-3-7-24)20-37(31(35)38)28-10-4-8-26(16-28)30(33)34/h1-11,16-17,23,25H,12-15,18-22H2,(H3,33,34). The highest BCUT2D eigenvalue weighted by Gasteiger charge is 2.36. The maximum Gasteiger partial charge on any atom is 0.324 e. The number of hydrogen-bond acceptors (Lipinski definition) is 5. The number of rotatable bonds is 10. The predicted molar refractivity (Wildman–Crippen MR) is 164 cm³/mol. The summed E-state index contributed by atoms with van der Waals surface area (Å²) < 4.78 is 33.9. The Morgan fingerprint density at radius 2 is 1.69 bits per heavy atom. The number of nitrogens with two attached hydrogens (primary N) is 1. The van der Waals surface area contributed by atoms with E-state index in [0.29, 0.717) is 75.1 Å². The van der Waals surface area contributed by atoms with Crippen LogP contribution in [0.15, 0.2) is 83.8 Å². The molecule has 9 nitrogen and oxygen atoms in total. The predicted octanol–water partition coefficient (Wildman–Crippen LogP) is 4.80. The minimum Gasteiger partial charge on any atom is -0.384 e. The molecule has 1 unspecified atom stereocenters. The second-order valence-corrected chi connectivity index (χ2v) is 13.3. The zero-order chi connectivity index (χ0) is 29.7. The second-order valence-electron chi connectivity index (χ2n) is 10.9. The number of sulfonamides is 1. The maximum absolute atomic E-state index is 13.8. The number of benzene rings is 3. The molecule has 2 fully saturated rings. The van der Waals surface area contributed by atoms with Crippen molar-refractivity contribution in [2.45, 2.75) is 24.3 Å². The van der Waals surface area contributed by atoms with Crippen LogP contribution in [0.3, 0.4) is 0 Å². The molecule has 3 N–H and O–H groups in total. The average molecular weight is 610 g/mol. The summed E-state index contributed by atoms with van der Waals surface area (Å²) in [6.07, 6.45) is 1.30. The molecule has 42 heavy (non-hydrogen) atoms. The molecule has 1 atom stereocenters. The Balaban J connectivity index is 1.26. The van der Waals surface area contributed by atoms with Crippen molar-refractivity contribution in [1.29, 1.82) is 5.41 Å². The van der Waals surface area contributed by atoms with Crippen LogP contribution in [0, 0.1) is 17.2 Å². The van der Waals surface area contributed by atoms with Gasteiger partial charge >= 0.3 is 6.03 Å². The minimum absolute atomic E-state index is 0.0552. The second kappa shape index (κ2) is 13.2. The van der Waals surface area contributed by atoms with Gasteiger partial charge in [0.1, 0.15) is 5.84 Å². The van der Waals surface area contributed by atoms with Crippen LogP contribution < -0.4 is 10.6 Å². The third kappa shape index (κ3) is 7.12. The van der Waals surface area contributed by atoms with Gasteiger partial charge in [-0.3, -0.25) is 10.3 Å². The van der Waals surface area contributed by atoms with Gasteiger partial charge in [0.05, 0.1) is 18.1 Å². The zero-order valence-corrected chi connectivity index (χ0v) is 24.9. The lowest BCUT2D eigenvalue weighted by Gasteiger charge is -2.42. The maximum atomic E-state index is 13.8. The van der Waals surface area contributed by atoms with E-state index in [0.717, 1.165) is 5.56 Å². The van der Waals surface area contributed by atoms with Crippen molar-refractivity contribution >= 4 is 39.2 Å². The number of ether oxygens (including phenoxy) is 1. The Kier molecular flexibility index (Phi) is 9.47. The van der Waals surface area contributed by atoms with Crippen LogP contribution in [-0.4, -0.2) is 68.8 Å². The number of piperidine rings is 1. The van der Waals surface area contributed by atoms with Gasteiger partial charge in [-0.2, -0.15) is 4.31 Å². The van der Waals surface area contributed by atoms with Crippen LogP contribution in [0.25, 0.3) is 0 Å². The molecule has 0 radical (unpaired) electrons. The summed E-state index contributed by atoms with van der Waals surface area (Å²) in [5.74, 6) is 0.172. The Morgan fingerprint density at radius 3 is 2.40 bits per heavy atom. The number of halogens is 1. The fourth-order valence-electron chi connectivity index (χ4n) is 5.61. The summed E-state index contributed by atoms with van der Waals surface area (Å²) in [4.78, 5) is 17.6. The van der Waals surface area contributed by atoms with E-state index < -0.39 is 10.0 Å². The highest BCUT2D eigenvalue weighted by molar-refractivity contribution is 7.89. The van der Waals surface area contributed by atoms with Gasteiger partial charge in [-0.05, 0) is 54.7 Å². The van der Waals surface area contributed by atoms with Gasteiger partial charge in [-0.1, -0.05) is 60.1 Å². The van der Waals surface area contributed by atoms with Crippen molar-refractivity contribution in [2.75, 3.05) is 44.2 Å². The Labute approximate surface area is 252 Å². The fourth-order valence-corrected chi connectivity index (χ4v) is 7.38. The van der Waals surface area contributed by atoms with Gasteiger partial charge in [0.25, 0.3) is 0 Å². The van der Waals surface area contributed by atoms with Crippen LogP contribution in [0.2, 0.25) is 5.02 Å². The van der Waals surface area contributed by atoms with Crippen molar-refractivity contribution in [3.63, 3.8) is 0 Å². The molecule has 0 saturated carbocycles. The van der Waals surface area contributed by atoms with Crippen LogP contribution in [-0.2, 0) is 21.4 Å². The molecule has 2 heterocycles. The first-order valence-corrected chi connectivity index (χ1v) is 15.9. The lowest BCUT2D eigenvalue weighted by atomic mass is 9.96. The smallest absolute Gasteiger partial charge is 0.324 e. The molecular formula is C31H36ClN5O4S. The summed E-state index contributed by atoms with van der Waals surface area (Å²) in [5.41, 5.74) is 8.06. The minimum atomic E-state index is -3.63. The molecule has 0 aliphatic carbocycles. The number of anilines is 1. The van der Waals surface area contributed by atoms with Crippen LogP contribution in [0.5, 0.6) is 0 Å². The largest absolute Gasteiger partial charge is 0.384 e. The molecular weight excluding hydrogens is 574 g/mol. The lowest BCUT2D eigenvalue weighted by molar-refractivity contribution is 0.0661. The van der Waals surface area contributed by atoms with Gasteiger partial charge in [0.15, 0.2) is 0 Å². The van der Waals surface area contributed by atoms with E-state index >= 15 is 0 Å². The number of carbonyl (C=O) groups excluding carboxylic acids is 1. The first-order valence-electron chi connectivity index (χ1n) is 14.1. The van der Waals surface area contributed by atoms with Crippen LogP contribution >= 0.6 is 11.6 Å². The monoisotopic (exact) mass is 609 g/mol. The highest BCUT2D eigenvalue weighted by atomic mass is 35.5. The normalized spacial score (nSPS) is 18.8. The molecule has 5 rings (SSSR count). The fraction of sp³-hybridized carbons (Fsp3) is 0.355. The number of urea groups is 1. The molecule has 3 aromatic rings. The van der Waals surface area contributed by atoms with Crippen molar-refractivity contribution < 1.29 is 17.9 Å². The van der Waals surface area contributed by atoms with Gasteiger partial charge in [-0.25, -0.2) is 13.2 Å². The average Bonchev–Trinajstić information content (AvgIpc) is 2.99. The highest BCUT2D eigenvalue weighted by Crippen LogP contribution is 2.29. The van der Waals surface area contributed by atoms with E-state index in [1.54, 1.807) is 41.3 Å². The third-order valence-electron chi connectivity index (χ3n) is 7.84. The van der Waals surface area contributed by atoms with E-state index in [-0.39, 0.29) is 28.6 Å². The summed E-state index contributed by atoms with van der Waals surface area (Å²) in [6.45, 7) is 3.31. The Bertz CT molecular complexity index is 1510. The molecule has 2 amide bonds. The SMILES string of the molecule is N=C(N)c1cccc(N2CC(COCc3ccccc3)CN(CC3CCN(S(=O)(=O)c4cccc(Cl)c4)CC3)C2=O)c1. The summed E-state index contributed by atoms with van der Waals surface area (Å²) in [7, 11) is -3.63. The summed E-state index contributed by atoms with van der Waals surface area (Å²) in [6, 6.07) is 23.4. The van der Waals surface area contributed by atoms with Crippen molar-refractivity contribution in [3.05, 3.63) is 95.0 Å². The first-order chi connectivity index (χ1) is 20.2. The van der Waals surface area contributed by atoms with Gasteiger partial charge in [0.2, 0.25) is 10.0 Å². The number of amides is 2. The summed E-state index contributed by atoms with van der Waals surface area (Å²) >= 11 is 6.04. The molecule has 0 bridgehead atoms. The molecule has 0 spiro atoms. The molecule has 222 valence electrons. The van der Waals surface area contributed by atoms with E-state index in [4.69, 9.17) is 27.5 Å². The first kappa shape index (κ1) is 30.0. The van der Waals surface area contributed by atoms with E-state index in [9.17, 15) is 13.2 Å². The van der Waals surface area contributed by atoms with Gasteiger partial charge in [0, 0.05) is 54.9 Å². The molecule has 3 aromatic carbocycles. The number of hydrogen-bond donors (Lipinski definition) is 2. The lowest BCUT2D eigenvalue weighted by Crippen LogP contribution is -2.56. The number of nitrogens with one attached hydrogen (secondary N) is 1. The van der Waals surface area contributed by atoms with Gasteiger partial charge in [-0.15, -0.1) is 0 Å². The molecule has 2 aliphatic rings. The Morgan fingerprint density at radius 1 is 0.952 bits per heavy atom. The van der Waals surface area contributed by atoms with Crippen molar-refractivity contribution in [2.24, 2.45) is 17.6 Å². The summed E-state index contributed by atoms with van der Waals surface area (Å²) in [5, 5.41) is 8.22. The Hall–Kier alpha value is -3.44.